The van der Waals surface area contributed by atoms with Crippen molar-refractivity contribution in [3.8, 4) is 0 Å². The normalized spacial score (nSPS) is 28.6. The highest BCUT2D eigenvalue weighted by atomic mass is 16.2. The quantitative estimate of drug-likeness (QED) is 0.703. The Morgan fingerprint density at radius 2 is 1.97 bits per heavy atom. The lowest BCUT2D eigenvalue weighted by atomic mass is 9.78. The highest BCUT2D eigenvalue weighted by Gasteiger charge is 2.51. The molecule has 4 heterocycles. The minimum absolute atomic E-state index is 0.142. The maximum Gasteiger partial charge on any atom is 0.241 e. The number of aromatic nitrogens is 2. The summed E-state index contributed by atoms with van der Waals surface area (Å²) in [7, 11) is 0. The van der Waals surface area contributed by atoms with E-state index >= 15 is 0 Å². The average molecular weight is 401 g/mol. The number of imidazole rings is 1. The molecule has 3 aliphatic heterocycles. The largest absolute Gasteiger partial charge is 0.348 e. The second kappa shape index (κ2) is 7.40. The summed E-state index contributed by atoms with van der Waals surface area (Å²) in [5.41, 5.74) is 8.31. The number of hydrogen-bond acceptors (Lipinski definition) is 5. The van der Waals surface area contributed by atoms with Crippen LogP contribution < -0.4 is 10.9 Å². The van der Waals surface area contributed by atoms with E-state index in [0.717, 1.165) is 69.3 Å². The molecule has 2 amide bonds. The molecule has 1 saturated carbocycles. The zero-order valence-electron chi connectivity index (χ0n) is 17.2. The number of hydrazine groups is 1. The van der Waals surface area contributed by atoms with Crippen LogP contribution >= 0.6 is 0 Å². The second-order valence-electron chi connectivity index (χ2n) is 9.16. The van der Waals surface area contributed by atoms with Gasteiger partial charge < -0.3 is 14.8 Å². The third-order valence-electron chi connectivity index (χ3n) is 7.27. The number of hydrogen-bond donors (Lipinski definition) is 3. The number of aromatic amines is 1. The predicted octanol–water partition coefficient (Wildman–Crippen LogP) is 1.06. The molecule has 2 unspecified atom stereocenters. The molecule has 0 aromatic carbocycles. The molecule has 3 fully saturated rings. The highest BCUT2D eigenvalue weighted by Crippen LogP contribution is 2.45. The second-order valence-corrected chi connectivity index (χ2v) is 9.16. The molecular formula is C21H32N6O2. The number of rotatable bonds is 4. The Morgan fingerprint density at radius 1 is 1.17 bits per heavy atom. The maximum absolute atomic E-state index is 13.1. The van der Waals surface area contributed by atoms with Crippen LogP contribution in [0.1, 0.15) is 63.3 Å². The summed E-state index contributed by atoms with van der Waals surface area (Å²) in [6, 6.07) is 0.235. The number of amides is 2. The van der Waals surface area contributed by atoms with E-state index < -0.39 is 0 Å². The first kappa shape index (κ1) is 19.1. The predicted molar refractivity (Wildman–Crippen MR) is 108 cm³/mol. The number of nitrogens with zero attached hydrogens (tertiary/aromatic N) is 3. The highest BCUT2D eigenvalue weighted by molar-refractivity contribution is 5.83. The molecule has 1 aliphatic carbocycles. The molecule has 2 saturated heterocycles. The van der Waals surface area contributed by atoms with E-state index in [4.69, 9.17) is 0 Å². The summed E-state index contributed by atoms with van der Waals surface area (Å²) in [5, 5.41) is 0. The molecule has 1 aromatic rings. The number of fused-ring (bicyclic) bond motifs is 2. The molecular weight excluding hydrogens is 368 g/mol. The van der Waals surface area contributed by atoms with Gasteiger partial charge in [0.15, 0.2) is 0 Å². The van der Waals surface area contributed by atoms with Gasteiger partial charge in [0, 0.05) is 43.7 Å². The summed E-state index contributed by atoms with van der Waals surface area (Å²) in [6.45, 7) is 4.28. The van der Waals surface area contributed by atoms with Crippen LogP contribution in [0.15, 0.2) is 6.33 Å². The average Bonchev–Trinajstić information content (AvgIpc) is 3.28. The summed E-state index contributed by atoms with van der Waals surface area (Å²) >= 11 is 0. The van der Waals surface area contributed by atoms with Gasteiger partial charge in [0.1, 0.15) is 6.04 Å². The lowest BCUT2D eigenvalue weighted by molar-refractivity contribution is -0.146. The Kier molecular flexibility index (Phi) is 4.86. The van der Waals surface area contributed by atoms with Gasteiger partial charge in [-0.05, 0) is 38.5 Å². The Bertz CT molecular complexity index is 780. The topological polar surface area (TPSA) is 93.4 Å². The molecule has 3 N–H and O–H groups in total. The summed E-state index contributed by atoms with van der Waals surface area (Å²) in [5.74, 6) is 0.683. The maximum atomic E-state index is 13.1. The van der Waals surface area contributed by atoms with Crippen molar-refractivity contribution >= 4 is 11.8 Å². The summed E-state index contributed by atoms with van der Waals surface area (Å²) in [4.78, 5) is 38.2. The van der Waals surface area contributed by atoms with Crippen molar-refractivity contribution in [1.82, 2.24) is 30.6 Å². The van der Waals surface area contributed by atoms with Crippen LogP contribution in [-0.2, 0) is 21.5 Å². The number of piperidine rings is 1. The van der Waals surface area contributed by atoms with Gasteiger partial charge in [-0.25, -0.2) is 10.4 Å². The fourth-order valence-electron chi connectivity index (χ4n) is 5.50. The zero-order valence-corrected chi connectivity index (χ0v) is 17.2. The molecule has 5 rings (SSSR count). The first-order valence-corrected chi connectivity index (χ1v) is 11.3. The number of carbonyl (C=O) groups excluding carboxylic acids is 2. The van der Waals surface area contributed by atoms with Gasteiger partial charge in [-0.1, -0.05) is 13.3 Å². The van der Waals surface area contributed by atoms with E-state index in [-0.39, 0.29) is 23.4 Å². The SMILES string of the molecule is CCCC1CC(C(=O)N2CCC3(CC2)c2nc[nH]c2CCN3C(=O)C2CC2)NN1. The van der Waals surface area contributed by atoms with Crippen molar-refractivity contribution in [2.45, 2.75) is 75.9 Å². The van der Waals surface area contributed by atoms with Gasteiger partial charge in [0.25, 0.3) is 0 Å². The molecule has 8 nitrogen and oxygen atoms in total. The minimum atomic E-state index is -0.351. The van der Waals surface area contributed by atoms with Gasteiger partial charge in [-0.2, -0.15) is 0 Å². The van der Waals surface area contributed by atoms with Crippen molar-refractivity contribution in [3.05, 3.63) is 17.7 Å². The summed E-state index contributed by atoms with van der Waals surface area (Å²) < 4.78 is 0. The molecule has 158 valence electrons. The van der Waals surface area contributed by atoms with Gasteiger partial charge in [0.05, 0.1) is 17.6 Å². The van der Waals surface area contributed by atoms with Crippen LogP contribution in [0.2, 0.25) is 0 Å². The van der Waals surface area contributed by atoms with E-state index in [1.807, 2.05) is 4.90 Å². The Balaban J connectivity index is 1.31. The van der Waals surface area contributed by atoms with Crippen LogP contribution in [0.3, 0.4) is 0 Å². The molecule has 29 heavy (non-hydrogen) atoms. The number of likely N-dealkylation sites (tertiary alicyclic amines) is 1. The Hall–Kier alpha value is -1.93. The van der Waals surface area contributed by atoms with E-state index in [2.05, 4.69) is 32.6 Å². The van der Waals surface area contributed by atoms with Crippen LogP contribution in [0.25, 0.3) is 0 Å². The monoisotopic (exact) mass is 400 g/mol. The van der Waals surface area contributed by atoms with Crippen LogP contribution in [0, 0.1) is 5.92 Å². The lowest BCUT2D eigenvalue weighted by Crippen LogP contribution is -2.60. The number of H-pyrrole nitrogens is 1. The van der Waals surface area contributed by atoms with Crippen LogP contribution in [-0.4, -0.2) is 63.3 Å². The van der Waals surface area contributed by atoms with Crippen molar-refractivity contribution in [3.63, 3.8) is 0 Å². The molecule has 8 heteroatoms. The number of nitrogens with one attached hydrogen (secondary N) is 3. The lowest BCUT2D eigenvalue weighted by Gasteiger charge is -2.50. The number of carbonyl (C=O) groups is 2. The smallest absolute Gasteiger partial charge is 0.241 e. The van der Waals surface area contributed by atoms with Crippen molar-refractivity contribution in [2.75, 3.05) is 19.6 Å². The Labute approximate surface area is 171 Å². The van der Waals surface area contributed by atoms with E-state index in [1.54, 1.807) is 6.33 Å². The molecule has 2 atom stereocenters. The van der Waals surface area contributed by atoms with E-state index in [0.29, 0.717) is 25.0 Å². The van der Waals surface area contributed by atoms with Crippen molar-refractivity contribution in [1.29, 1.82) is 0 Å². The first-order valence-electron chi connectivity index (χ1n) is 11.3. The van der Waals surface area contributed by atoms with Gasteiger partial charge in [-0.15, -0.1) is 0 Å². The van der Waals surface area contributed by atoms with Gasteiger partial charge >= 0.3 is 0 Å². The van der Waals surface area contributed by atoms with Crippen LogP contribution in [0.4, 0.5) is 0 Å². The standard InChI is InChI=1S/C21H32N6O2/c1-2-3-15-12-17(25-24-15)20(29)26-10-7-21(8-11-26)18-16(22-13-23-18)6-9-27(21)19(28)14-4-5-14/h13-15,17,24-25H,2-12H2,1H3,(H,22,23). The summed E-state index contributed by atoms with van der Waals surface area (Å²) in [6.07, 6.45) is 9.23. The van der Waals surface area contributed by atoms with E-state index in [1.165, 1.54) is 0 Å². The van der Waals surface area contributed by atoms with Crippen molar-refractivity contribution in [2.24, 2.45) is 5.92 Å². The minimum Gasteiger partial charge on any atom is -0.348 e. The first-order chi connectivity index (χ1) is 14.1. The van der Waals surface area contributed by atoms with Crippen molar-refractivity contribution < 1.29 is 9.59 Å². The Morgan fingerprint density at radius 3 is 2.69 bits per heavy atom. The molecule has 1 aromatic heterocycles. The fraction of sp³-hybridized carbons (Fsp3) is 0.762. The molecule has 1 spiro atoms. The molecule has 0 bridgehead atoms. The van der Waals surface area contributed by atoms with Gasteiger partial charge in [0.2, 0.25) is 11.8 Å². The van der Waals surface area contributed by atoms with E-state index in [9.17, 15) is 9.59 Å². The zero-order chi connectivity index (χ0) is 20.0. The molecule has 0 radical (unpaired) electrons. The van der Waals surface area contributed by atoms with Gasteiger partial charge in [-0.3, -0.25) is 15.0 Å². The molecule has 4 aliphatic rings. The van der Waals surface area contributed by atoms with Crippen LogP contribution in [0.5, 0.6) is 0 Å². The fourth-order valence-corrected chi connectivity index (χ4v) is 5.50. The third kappa shape index (κ3) is 3.26. The third-order valence-corrected chi connectivity index (χ3v) is 7.27.